The molecule has 1 aliphatic heterocycles. The zero-order chi connectivity index (χ0) is 14.0. The van der Waals surface area contributed by atoms with Crippen LogP contribution in [0.3, 0.4) is 0 Å². The first-order chi connectivity index (χ1) is 8.97. The third-order valence-corrected chi connectivity index (χ3v) is 3.05. The Morgan fingerprint density at radius 1 is 1.42 bits per heavy atom. The van der Waals surface area contributed by atoms with Crippen LogP contribution in [0.4, 0.5) is 11.4 Å². The van der Waals surface area contributed by atoms with E-state index in [4.69, 9.17) is 11.6 Å². The molecular weight excluding hydrogens is 274 g/mol. The number of nitrogens with zero attached hydrogens (tertiary/aromatic N) is 1. The molecule has 2 amide bonds. The highest BCUT2D eigenvalue weighted by atomic mass is 35.5. The molecule has 1 saturated heterocycles. The second-order valence-corrected chi connectivity index (χ2v) is 4.48. The fourth-order valence-corrected chi connectivity index (χ4v) is 1.98. The van der Waals surface area contributed by atoms with Crippen LogP contribution in [0.15, 0.2) is 18.2 Å². The Balaban J connectivity index is 2.13. The van der Waals surface area contributed by atoms with E-state index < -0.39 is 16.9 Å². The van der Waals surface area contributed by atoms with Gasteiger partial charge < -0.3 is 5.32 Å². The van der Waals surface area contributed by atoms with Crippen LogP contribution in [-0.2, 0) is 9.59 Å². The van der Waals surface area contributed by atoms with Crippen LogP contribution in [0.5, 0.6) is 0 Å². The van der Waals surface area contributed by atoms with E-state index in [2.05, 4.69) is 10.6 Å². The summed E-state index contributed by atoms with van der Waals surface area (Å²) in [5.74, 6) is -0.733. The smallest absolute Gasteiger partial charge is 0.271 e. The Kier molecular flexibility index (Phi) is 3.66. The molecule has 19 heavy (non-hydrogen) atoms. The minimum atomic E-state index is -0.573. The van der Waals surface area contributed by atoms with Gasteiger partial charge in [0, 0.05) is 18.6 Å². The minimum Gasteiger partial charge on any atom is -0.372 e. The number of nitro groups is 1. The first-order valence-corrected chi connectivity index (χ1v) is 5.89. The van der Waals surface area contributed by atoms with E-state index in [0.717, 1.165) is 0 Å². The van der Waals surface area contributed by atoms with Crippen molar-refractivity contribution in [1.29, 1.82) is 0 Å². The predicted molar refractivity (Wildman–Crippen MR) is 67.9 cm³/mol. The highest BCUT2D eigenvalue weighted by molar-refractivity contribution is 6.33. The zero-order valence-electron chi connectivity index (χ0n) is 9.68. The van der Waals surface area contributed by atoms with E-state index in [1.807, 2.05) is 0 Å². The third-order valence-electron chi connectivity index (χ3n) is 2.73. The number of nitro benzene ring substituents is 1. The van der Waals surface area contributed by atoms with Crippen molar-refractivity contribution in [1.82, 2.24) is 5.32 Å². The number of imide groups is 1. The van der Waals surface area contributed by atoms with E-state index in [0.29, 0.717) is 12.1 Å². The first-order valence-electron chi connectivity index (χ1n) is 5.51. The average molecular weight is 284 g/mol. The van der Waals surface area contributed by atoms with Crippen molar-refractivity contribution in [2.45, 2.75) is 18.9 Å². The van der Waals surface area contributed by atoms with Crippen molar-refractivity contribution in [2.24, 2.45) is 0 Å². The third kappa shape index (κ3) is 3.00. The Hall–Kier alpha value is -2.15. The number of amides is 2. The molecule has 1 heterocycles. The summed E-state index contributed by atoms with van der Waals surface area (Å²) in [5, 5.41) is 15.8. The van der Waals surface area contributed by atoms with E-state index in [1.54, 1.807) is 0 Å². The molecule has 1 aromatic carbocycles. The molecule has 0 aromatic heterocycles. The van der Waals surface area contributed by atoms with Gasteiger partial charge in [-0.1, -0.05) is 11.6 Å². The fourth-order valence-electron chi connectivity index (χ4n) is 1.75. The highest BCUT2D eigenvalue weighted by Gasteiger charge is 2.27. The first kappa shape index (κ1) is 13.3. The quantitative estimate of drug-likeness (QED) is 0.497. The molecule has 0 bridgehead atoms. The summed E-state index contributed by atoms with van der Waals surface area (Å²) in [5.41, 5.74) is 0.292. The number of non-ortho nitro benzene ring substituents is 1. The molecule has 1 unspecified atom stereocenters. The van der Waals surface area contributed by atoms with Crippen molar-refractivity contribution in [3.8, 4) is 0 Å². The molecule has 0 radical (unpaired) electrons. The number of benzene rings is 1. The molecule has 0 saturated carbocycles. The molecule has 8 heteroatoms. The Morgan fingerprint density at radius 2 is 2.16 bits per heavy atom. The number of halogens is 1. The molecule has 1 aromatic rings. The van der Waals surface area contributed by atoms with Gasteiger partial charge in [-0.3, -0.25) is 25.0 Å². The Labute approximate surface area is 113 Å². The molecule has 7 nitrogen and oxygen atoms in total. The number of hydrogen-bond acceptors (Lipinski definition) is 5. The number of hydrogen-bond donors (Lipinski definition) is 2. The van der Waals surface area contributed by atoms with Crippen molar-refractivity contribution >= 4 is 34.8 Å². The highest BCUT2D eigenvalue weighted by Crippen LogP contribution is 2.27. The number of carbonyl (C=O) groups is 2. The number of piperidine rings is 1. The zero-order valence-corrected chi connectivity index (χ0v) is 10.4. The van der Waals surface area contributed by atoms with Gasteiger partial charge in [-0.25, -0.2) is 0 Å². The summed E-state index contributed by atoms with van der Waals surface area (Å²) in [6.07, 6.45) is 0.603. The number of nitrogens with one attached hydrogen (secondary N) is 2. The molecule has 0 spiro atoms. The summed E-state index contributed by atoms with van der Waals surface area (Å²) in [7, 11) is 0. The van der Waals surface area contributed by atoms with Crippen LogP contribution >= 0.6 is 11.6 Å². The molecule has 1 atom stereocenters. The van der Waals surface area contributed by atoms with Crippen LogP contribution in [0.1, 0.15) is 12.8 Å². The maximum absolute atomic E-state index is 11.5. The lowest BCUT2D eigenvalue weighted by Crippen LogP contribution is -2.47. The van der Waals surface area contributed by atoms with E-state index in [1.165, 1.54) is 18.2 Å². The van der Waals surface area contributed by atoms with Gasteiger partial charge in [0.2, 0.25) is 11.8 Å². The second kappa shape index (κ2) is 5.23. The van der Waals surface area contributed by atoms with E-state index in [-0.39, 0.29) is 23.0 Å². The maximum atomic E-state index is 11.5. The van der Waals surface area contributed by atoms with Crippen LogP contribution in [-0.4, -0.2) is 22.8 Å². The molecule has 100 valence electrons. The number of carbonyl (C=O) groups excluding carboxylic acids is 2. The van der Waals surface area contributed by atoms with Gasteiger partial charge in [0.05, 0.1) is 15.6 Å². The van der Waals surface area contributed by atoms with Crippen molar-refractivity contribution in [3.63, 3.8) is 0 Å². The molecular formula is C11H10ClN3O4. The van der Waals surface area contributed by atoms with E-state index >= 15 is 0 Å². The molecule has 1 fully saturated rings. The monoisotopic (exact) mass is 283 g/mol. The summed E-state index contributed by atoms with van der Waals surface area (Å²) in [4.78, 5) is 32.6. The van der Waals surface area contributed by atoms with Gasteiger partial charge in [0.1, 0.15) is 6.04 Å². The van der Waals surface area contributed by atoms with Crippen LogP contribution < -0.4 is 10.6 Å². The molecule has 0 aliphatic carbocycles. The summed E-state index contributed by atoms with van der Waals surface area (Å²) < 4.78 is 0. The standard InChI is InChI=1S/C11H10ClN3O4/c12-7-5-6(15(18)19)1-2-8(7)13-9-3-4-10(16)14-11(9)17/h1-2,5,9,13H,3-4H2,(H,14,16,17). The van der Waals surface area contributed by atoms with E-state index in [9.17, 15) is 19.7 Å². The van der Waals surface area contributed by atoms with Crippen molar-refractivity contribution in [2.75, 3.05) is 5.32 Å². The average Bonchev–Trinajstić information content (AvgIpc) is 2.34. The summed E-state index contributed by atoms with van der Waals surface area (Å²) >= 11 is 5.90. The topological polar surface area (TPSA) is 101 Å². The largest absolute Gasteiger partial charge is 0.372 e. The van der Waals surface area contributed by atoms with Crippen molar-refractivity contribution in [3.05, 3.63) is 33.3 Å². The lowest BCUT2D eigenvalue weighted by atomic mass is 10.1. The summed E-state index contributed by atoms with van der Waals surface area (Å²) in [6, 6.07) is 3.36. The van der Waals surface area contributed by atoms with Gasteiger partial charge >= 0.3 is 0 Å². The second-order valence-electron chi connectivity index (χ2n) is 4.07. The van der Waals surface area contributed by atoms with Gasteiger partial charge in [0.15, 0.2) is 0 Å². The SMILES string of the molecule is O=C1CCC(Nc2ccc([N+](=O)[O-])cc2Cl)C(=O)N1. The number of rotatable bonds is 3. The summed E-state index contributed by atoms with van der Waals surface area (Å²) in [6.45, 7) is 0. The molecule has 2 rings (SSSR count). The van der Waals surface area contributed by atoms with Gasteiger partial charge in [-0.05, 0) is 12.5 Å². The predicted octanol–water partition coefficient (Wildman–Crippen LogP) is 1.47. The minimum absolute atomic E-state index is 0.126. The Morgan fingerprint density at radius 3 is 2.74 bits per heavy atom. The van der Waals surface area contributed by atoms with Crippen LogP contribution in [0, 0.1) is 10.1 Å². The Bertz CT molecular complexity index is 561. The van der Waals surface area contributed by atoms with Crippen molar-refractivity contribution < 1.29 is 14.5 Å². The van der Waals surface area contributed by atoms with Gasteiger partial charge in [0.25, 0.3) is 5.69 Å². The fraction of sp³-hybridized carbons (Fsp3) is 0.273. The van der Waals surface area contributed by atoms with Crippen LogP contribution in [0.25, 0.3) is 0 Å². The van der Waals surface area contributed by atoms with Gasteiger partial charge in [-0.15, -0.1) is 0 Å². The molecule has 2 N–H and O–H groups in total. The maximum Gasteiger partial charge on any atom is 0.271 e. The van der Waals surface area contributed by atoms with Crippen LogP contribution in [0.2, 0.25) is 5.02 Å². The lowest BCUT2D eigenvalue weighted by molar-refractivity contribution is -0.384. The normalized spacial score (nSPS) is 18.9. The molecule has 1 aliphatic rings. The lowest BCUT2D eigenvalue weighted by Gasteiger charge is -2.23. The number of anilines is 1. The van der Waals surface area contributed by atoms with Gasteiger partial charge in [-0.2, -0.15) is 0 Å².